The van der Waals surface area contributed by atoms with E-state index in [0.29, 0.717) is 5.88 Å². The number of rotatable bonds is 5. The molecule has 0 N–H and O–H groups in total. The standard InChI is InChI=1S/C12H19ClN2/c1-10(2)5-7-15(3)12-8-11(9-13)4-6-14-12/h4,6,8,10H,5,7,9H2,1-3H3. The summed E-state index contributed by atoms with van der Waals surface area (Å²) in [7, 11) is 2.07. The molecule has 1 heterocycles. The minimum absolute atomic E-state index is 0.549. The summed E-state index contributed by atoms with van der Waals surface area (Å²) < 4.78 is 0. The highest BCUT2D eigenvalue weighted by molar-refractivity contribution is 6.17. The Morgan fingerprint density at radius 3 is 2.80 bits per heavy atom. The molecule has 0 unspecified atom stereocenters. The SMILES string of the molecule is CC(C)CCN(C)c1cc(CCl)ccn1. The molecule has 0 saturated carbocycles. The summed E-state index contributed by atoms with van der Waals surface area (Å²) in [5.74, 6) is 2.28. The topological polar surface area (TPSA) is 16.1 Å². The lowest BCUT2D eigenvalue weighted by molar-refractivity contribution is 0.583. The predicted molar refractivity (Wildman–Crippen MR) is 66.5 cm³/mol. The van der Waals surface area contributed by atoms with Gasteiger partial charge in [-0.05, 0) is 30.0 Å². The van der Waals surface area contributed by atoms with Crippen LogP contribution in [0.25, 0.3) is 0 Å². The maximum Gasteiger partial charge on any atom is 0.128 e. The zero-order valence-electron chi connectivity index (χ0n) is 9.70. The van der Waals surface area contributed by atoms with Gasteiger partial charge in [-0.25, -0.2) is 4.98 Å². The van der Waals surface area contributed by atoms with Crippen LogP contribution in [0.4, 0.5) is 5.82 Å². The van der Waals surface area contributed by atoms with Crippen LogP contribution < -0.4 is 4.90 Å². The van der Waals surface area contributed by atoms with E-state index in [1.165, 1.54) is 6.42 Å². The van der Waals surface area contributed by atoms with Gasteiger partial charge < -0.3 is 4.90 Å². The Hall–Kier alpha value is -0.760. The van der Waals surface area contributed by atoms with Crippen molar-refractivity contribution < 1.29 is 0 Å². The van der Waals surface area contributed by atoms with Crippen LogP contribution in [-0.2, 0) is 5.88 Å². The average Bonchev–Trinajstić information content (AvgIpc) is 2.26. The average molecular weight is 227 g/mol. The van der Waals surface area contributed by atoms with Crippen LogP contribution in [-0.4, -0.2) is 18.6 Å². The normalized spacial score (nSPS) is 10.7. The molecule has 1 aromatic rings. The maximum atomic E-state index is 5.78. The first-order valence-corrected chi connectivity index (χ1v) is 5.89. The molecule has 0 fully saturated rings. The fourth-order valence-electron chi connectivity index (χ4n) is 1.32. The van der Waals surface area contributed by atoms with Gasteiger partial charge in [0.05, 0.1) is 0 Å². The molecule has 0 bridgehead atoms. The van der Waals surface area contributed by atoms with Crippen LogP contribution in [0.2, 0.25) is 0 Å². The van der Waals surface area contributed by atoms with Crippen LogP contribution >= 0.6 is 11.6 Å². The highest BCUT2D eigenvalue weighted by Gasteiger charge is 2.04. The van der Waals surface area contributed by atoms with Crippen molar-refractivity contribution in [1.82, 2.24) is 4.98 Å². The zero-order chi connectivity index (χ0) is 11.3. The number of anilines is 1. The van der Waals surface area contributed by atoms with Crippen molar-refractivity contribution in [2.24, 2.45) is 5.92 Å². The summed E-state index contributed by atoms with van der Waals surface area (Å²) in [5, 5.41) is 0. The monoisotopic (exact) mass is 226 g/mol. The van der Waals surface area contributed by atoms with E-state index in [4.69, 9.17) is 11.6 Å². The molecule has 1 rings (SSSR count). The molecule has 0 saturated heterocycles. The third kappa shape index (κ3) is 4.08. The number of aromatic nitrogens is 1. The van der Waals surface area contributed by atoms with E-state index in [9.17, 15) is 0 Å². The molecule has 15 heavy (non-hydrogen) atoms. The Balaban J connectivity index is 2.60. The first-order valence-electron chi connectivity index (χ1n) is 5.35. The minimum atomic E-state index is 0.549. The van der Waals surface area contributed by atoms with E-state index in [2.05, 4.69) is 30.8 Å². The van der Waals surface area contributed by atoms with Gasteiger partial charge in [-0.2, -0.15) is 0 Å². The smallest absolute Gasteiger partial charge is 0.128 e. The second kappa shape index (κ2) is 5.96. The molecule has 84 valence electrons. The van der Waals surface area contributed by atoms with E-state index in [1.54, 1.807) is 0 Å². The zero-order valence-corrected chi connectivity index (χ0v) is 10.5. The molecule has 3 heteroatoms. The van der Waals surface area contributed by atoms with Gasteiger partial charge in [-0.15, -0.1) is 11.6 Å². The summed E-state index contributed by atoms with van der Waals surface area (Å²) in [4.78, 5) is 6.51. The first kappa shape index (κ1) is 12.3. The quantitative estimate of drug-likeness (QED) is 0.717. The summed E-state index contributed by atoms with van der Waals surface area (Å²) in [6.45, 7) is 5.50. The number of halogens is 1. The Labute approximate surface area is 97.3 Å². The lowest BCUT2D eigenvalue weighted by Crippen LogP contribution is -2.20. The van der Waals surface area contributed by atoms with Crippen molar-refractivity contribution >= 4 is 17.4 Å². The number of alkyl halides is 1. The highest BCUT2D eigenvalue weighted by Crippen LogP contribution is 2.14. The third-order valence-corrected chi connectivity index (χ3v) is 2.71. The van der Waals surface area contributed by atoms with Crippen molar-refractivity contribution in [1.29, 1.82) is 0 Å². The Kier molecular flexibility index (Phi) is 4.89. The van der Waals surface area contributed by atoms with Crippen molar-refractivity contribution in [3.8, 4) is 0 Å². The molecule has 0 aromatic carbocycles. The van der Waals surface area contributed by atoms with E-state index in [1.807, 2.05) is 18.3 Å². The van der Waals surface area contributed by atoms with Crippen LogP contribution in [0.5, 0.6) is 0 Å². The van der Waals surface area contributed by atoms with Gasteiger partial charge in [0.25, 0.3) is 0 Å². The van der Waals surface area contributed by atoms with E-state index in [0.717, 1.165) is 23.8 Å². The van der Waals surface area contributed by atoms with Crippen LogP contribution in [0.15, 0.2) is 18.3 Å². The number of hydrogen-bond acceptors (Lipinski definition) is 2. The Morgan fingerprint density at radius 1 is 1.47 bits per heavy atom. The molecule has 0 atom stereocenters. The van der Waals surface area contributed by atoms with Gasteiger partial charge in [-0.1, -0.05) is 13.8 Å². The van der Waals surface area contributed by atoms with Gasteiger partial charge in [0, 0.05) is 25.7 Å². The van der Waals surface area contributed by atoms with Gasteiger partial charge >= 0.3 is 0 Å². The Morgan fingerprint density at radius 2 is 2.20 bits per heavy atom. The molecule has 0 amide bonds. The van der Waals surface area contributed by atoms with Crippen molar-refractivity contribution in [2.75, 3.05) is 18.5 Å². The molecular formula is C12H19ClN2. The van der Waals surface area contributed by atoms with E-state index < -0.39 is 0 Å². The van der Waals surface area contributed by atoms with Gasteiger partial charge in [-0.3, -0.25) is 0 Å². The fourth-order valence-corrected chi connectivity index (χ4v) is 1.49. The van der Waals surface area contributed by atoms with Gasteiger partial charge in [0.1, 0.15) is 5.82 Å². The summed E-state index contributed by atoms with van der Waals surface area (Å²) in [6.07, 6.45) is 3.00. The van der Waals surface area contributed by atoms with Crippen molar-refractivity contribution in [3.63, 3.8) is 0 Å². The van der Waals surface area contributed by atoms with Crippen molar-refractivity contribution in [2.45, 2.75) is 26.1 Å². The maximum absolute atomic E-state index is 5.78. The van der Waals surface area contributed by atoms with Crippen LogP contribution in [0.1, 0.15) is 25.8 Å². The van der Waals surface area contributed by atoms with Gasteiger partial charge in [0.15, 0.2) is 0 Å². The minimum Gasteiger partial charge on any atom is -0.360 e. The molecule has 0 spiro atoms. The lowest BCUT2D eigenvalue weighted by Gasteiger charge is -2.19. The summed E-state index contributed by atoms with van der Waals surface area (Å²) in [5.41, 5.74) is 1.12. The Bertz CT molecular complexity index is 299. The number of nitrogens with zero attached hydrogens (tertiary/aromatic N) is 2. The summed E-state index contributed by atoms with van der Waals surface area (Å²) in [6, 6.07) is 4.00. The molecular weight excluding hydrogens is 208 g/mol. The highest BCUT2D eigenvalue weighted by atomic mass is 35.5. The van der Waals surface area contributed by atoms with Gasteiger partial charge in [0.2, 0.25) is 0 Å². The second-order valence-corrected chi connectivity index (χ2v) is 4.53. The molecule has 2 nitrogen and oxygen atoms in total. The molecule has 0 aliphatic heterocycles. The first-order chi connectivity index (χ1) is 7.13. The molecule has 0 aliphatic rings. The molecule has 0 aliphatic carbocycles. The second-order valence-electron chi connectivity index (χ2n) is 4.26. The lowest BCUT2D eigenvalue weighted by atomic mass is 10.1. The molecule has 1 aromatic heterocycles. The van der Waals surface area contributed by atoms with E-state index >= 15 is 0 Å². The van der Waals surface area contributed by atoms with E-state index in [-0.39, 0.29) is 0 Å². The van der Waals surface area contributed by atoms with Crippen molar-refractivity contribution in [3.05, 3.63) is 23.9 Å². The predicted octanol–water partition coefficient (Wildman–Crippen LogP) is 3.30. The van der Waals surface area contributed by atoms with Crippen LogP contribution in [0.3, 0.4) is 0 Å². The molecule has 0 radical (unpaired) electrons. The van der Waals surface area contributed by atoms with Crippen LogP contribution in [0, 0.1) is 5.92 Å². The fraction of sp³-hybridized carbons (Fsp3) is 0.583. The number of hydrogen-bond donors (Lipinski definition) is 0. The largest absolute Gasteiger partial charge is 0.360 e. The summed E-state index contributed by atoms with van der Waals surface area (Å²) >= 11 is 5.78. The number of pyridine rings is 1. The third-order valence-electron chi connectivity index (χ3n) is 2.40.